The van der Waals surface area contributed by atoms with Gasteiger partial charge < -0.3 is 4.52 Å². The van der Waals surface area contributed by atoms with Crippen molar-refractivity contribution in [1.82, 2.24) is 25.3 Å². The average Bonchev–Trinajstić information content (AvgIpc) is 3.23. The minimum Gasteiger partial charge on any atom is -0.339 e. The van der Waals surface area contributed by atoms with Gasteiger partial charge in [-0.15, -0.1) is 5.10 Å². The zero-order valence-electron chi connectivity index (χ0n) is 14.6. The van der Waals surface area contributed by atoms with Gasteiger partial charge in [-0.3, -0.25) is 15.2 Å². The zero-order chi connectivity index (χ0) is 18.6. The number of benzene rings is 1. The summed E-state index contributed by atoms with van der Waals surface area (Å²) < 4.78 is 18.4. The molecule has 1 aliphatic rings. The van der Waals surface area contributed by atoms with E-state index in [0.717, 1.165) is 24.2 Å². The Morgan fingerprint density at radius 2 is 2.22 bits per heavy atom. The number of anilines is 1. The van der Waals surface area contributed by atoms with Crippen LogP contribution >= 0.6 is 0 Å². The molecule has 0 spiro atoms. The van der Waals surface area contributed by atoms with Crippen LogP contribution in [-0.4, -0.2) is 31.2 Å². The van der Waals surface area contributed by atoms with E-state index in [-0.39, 0.29) is 17.7 Å². The molecule has 0 saturated heterocycles. The zero-order valence-corrected chi connectivity index (χ0v) is 14.6. The smallest absolute Gasteiger partial charge is 0.248 e. The standard InChI is InChI=1S/C18H19FN6O2/c19-13-4-1-3-11(9-13)10-14-20-18(24-23-14)21-15(26)5-2-6-16-22-17(25-27-16)12-7-8-12/h1,3-4,9,12H,2,5-8,10H2,(H2,20,21,23,24,26). The molecule has 3 aromatic rings. The first kappa shape index (κ1) is 17.3. The third kappa shape index (κ3) is 4.75. The van der Waals surface area contributed by atoms with E-state index in [1.54, 1.807) is 12.1 Å². The Morgan fingerprint density at radius 3 is 3.04 bits per heavy atom. The van der Waals surface area contributed by atoms with Crippen LogP contribution in [0.2, 0.25) is 0 Å². The molecule has 2 heterocycles. The van der Waals surface area contributed by atoms with Gasteiger partial charge in [0.15, 0.2) is 5.82 Å². The SMILES string of the molecule is O=C(CCCc1nc(C2CC2)no1)Nc1n[nH]c(Cc2cccc(F)c2)n1. The number of carbonyl (C=O) groups is 1. The van der Waals surface area contributed by atoms with Crippen LogP contribution in [0.15, 0.2) is 28.8 Å². The van der Waals surface area contributed by atoms with Crippen LogP contribution < -0.4 is 5.32 Å². The highest BCUT2D eigenvalue weighted by molar-refractivity contribution is 5.88. The van der Waals surface area contributed by atoms with E-state index in [1.165, 1.54) is 12.1 Å². The molecular weight excluding hydrogens is 351 g/mol. The summed E-state index contributed by atoms with van der Waals surface area (Å²) in [6.07, 6.45) is 4.11. The molecule has 1 amide bonds. The largest absolute Gasteiger partial charge is 0.339 e. The van der Waals surface area contributed by atoms with E-state index in [9.17, 15) is 9.18 Å². The van der Waals surface area contributed by atoms with Gasteiger partial charge in [0.05, 0.1) is 0 Å². The van der Waals surface area contributed by atoms with Gasteiger partial charge in [0.2, 0.25) is 17.7 Å². The van der Waals surface area contributed by atoms with Gasteiger partial charge in [0.25, 0.3) is 0 Å². The van der Waals surface area contributed by atoms with E-state index in [1.807, 2.05) is 0 Å². The maximum atomic E-state index is 13.2. The summed E-state index contributed by atoms with van der Waals surface area (Å²) >= 11 is 0. The average molecular weight is 370 g/mol. The molecule has 2 aromatic heterocycles. The summed E-state index contributed by atoms with van der Waals surface area (Å²) in [7, 11) is 0. The predicted molar refractivity (Wildman–Crippen MR) is 93.4 cm³/mol. The molecule has 1 fully saturated rings. The molecule has 0 bridgehead atoms. The summed E-state index contributed by atoms with van der Waals surface area (Å²) in [6.45, 7) is 0. The normalized spacial score (nSPS) is 13.7. The Labute approximate surface area is 154 Å². The van der Waals surface area contributed by atoms with Crippen molar-refractivity contribution >= 4 is 11.9 Å². The highest BCUT2D eigenvalue weighted by Crippen LogP contribution is 2.38. The summed E-state index contributed by atoms with van der Waals surface area (Å²) in [6, 6.07) is 6.26. The van der Waals surface area contributed by atoms with E-state index in [2.05, 4.69) is 30.6 Å². The molecule has 4 rings (SSSR count). The number of aromatic nitrogens is 5. The molecule has 9 heteroatoms. The first-order chi connectivity index (χ1) is 13.2. The van der Waals surface area contributed by atoms with Gasteiger partial charge in [0.1, 0.15) is 11.6 Å². The van der Waals surface area contributed by atoms with Crippen molar-refractivity contribution < 1.29 is 13.7 Å². The van der Waals surface area contributed by atoms with E-state index < -0.39 is 0 Å². The number of aryl methyl sites for hydroxylation is 1. The lowest BCUT2D eigenvalue weighted by Crippen LogP contribution is -2.12. The van der Waals surface area contributed by atoms with Crippen molar-refractivity contribution in [2.45, 2.75) is 44.4 Å². The van der Waals surface area contributed by atoms with Crippen LogP contribution in [0.5, 0.6) is 0 Å². The number of amides is 1. The highest BCUT2D eigenvalue weighted by Gasteiger charge is 2.28. The fourth-order valence-corrected chi connectivity index (χ4v) is 2.73. The molecule has 0 unspecified atom stereocenters. The van der Waals surface area contributed by atoms with Crippen LogP contribution in [0.4, 0.5) is 10.3 Å². The Balaban J connectivity index is 1.22. The number of carbonyl (C=O) groups excluding carboxylic acids is 1. The summed E-state index contributed by atoms with van der Waals surface area (Å²) in [4.78, 5) is 20.6. The third-order valence-corrected chi connectivity index (χ3v) is 4.26. The van der Waals surface area contributed by atoms with Gasteiger partial charge in [-0.25, -0.2) is 4.39 Å². The molecule has 8 nitrogen and oxygen atoms in total. The second-order valence-corrected chi connectivity index (χ2v) is 6.63. The molecule has 2 N–H and O–H groups in total. The first-order valence-electron chi connectivity index (χ1n) is 8.94. The molecule has 140 valence electrons. The number of H-pyrrole nitrogens is 1. The van der Waals surface area contributed by atoms with E-state index in [0.29, 0.717) is 43.3 Å². The molecule has 1 saturated carbocycles. The lowest BCUT2D eigenvalue weighted by Gasteiger charge is -1.99. The van der Waals surface area contributed by atoms with Crippen molar-refractivity contribution in [2.24, 2.45) is 0 Å². The molecule has 0 atom stereocenters. The molecule has 1 aromatic carbocycles. The van der Waals surface area contributed by atoms with Gasteiger partial charge in [-0.05, 0) is 37.0 Å². The minimum atomic E-state index is -0.300. The number of nitrogens with one attached hydrogen (secondary N) is 2. The lowest BCUT2D eigenvalue weighted by molar-refractivity contribution is -0.116. The van der Waals surface area contributed by atoms with Crippen molar-refractivity contribution in [1.29, 1.82) is 0 Å². The molecular formula is C18H19FN6O2. The second kappa shape index (κ2) is 7.65. The minimum absolute atomic E-state index is 0.187. The van der Waals surface area contributed by atoms with Gasteiger partial charge >= 0.3 is 0 Å². The van der Waals surface area contributed by atoms with Crippen LogP contribution in [0.25, 0.3) is 0 Å². The number of rotatable bonds is 8. The van der Waals surface area contributed by atoms with Gasteiger partial charge in [0, 0.05) is 25.2 Å². The Morgan fingerprint density at radius 1 is 1.33 bits per heavy atom. The van der Waals surface area contributed by atoms with E-state index >= 15 is 0 Å². The molecule has 1 aliphatic carbocycles. The number of hydrogen-bond donors (Lipinski definition) is 2. The van der Waals surface area contributed by atoms with Crippen molar-refractivity contribution in [3.8, 4) is 0 Å². The predicted octanol–water partition coefficient (Wildman–Crippen LogP) is 2.76. The fraction of sp³-hybridized carbons (Fsp3) is 0.389. The quantitative estimate of drug-likeness (QED) is 0.631. The topological polar surface area (TPSA) is 110 Å². The van der Waals surface area contributed by atoms with Crippen LogP contribution in [0, 0.1) is 5.82 Å². The monoisotopic (exact) mass is 370 g/mol. The molecule has 0 aliphatic heterocycles. The van der Waals surface area contributed by atoms with Crippen molar-refractivity contribution in [2.75, 3.05) is 5.32 Å². The summed E-state index contributed by atoms with van der Waals surface area (Å²) in [5.41, 5.74) is 0.772. The fourth-order valence-electron chi connectivity index (χ4n) is 2.73. The van der Waals surface area contributed by atoms with E-state index in [4.69, 9.17) is 4.52 Å². The van der Waals surface area contributed by atoms with Crippen LogP contribution in [0.1, 0.15) is 54.7 Å². The third-order valence-electron chi connectivity index (χ3n) is 4.26. The van der Waals surface area contributed by atoms with Gasteiger partial charge in [-0.2, -0.15) is 9.97 Å². The molecule has 27 heavy (non-hydrogen) atoms. The number of halogens is 1. The first-order valence-corrected chi connectivity index (χ1v) is 8.94. The Bertz CT molecular complexity index is 933. The van der Waals surface area contributed by atoms with Crippen molar-refractivity contribution in [3.05, 3.63) is 53.2 Å². The second-order valence-electron chi connectivity index (χ2n) is 6.63. The maximum absolute atomic E-state index is 13.2. The van der Waals surface area contributed by atoms with Gasteiger partial charge in [-0.1, -0.05) is 17.3 Å². The summed E-state index contributed by atoms with van der Waals surface area (Å²) in [5.74, 6) is 2.08. The molecule has 0 radical (unpaired) electrons. The number of aromatic amines is 1. The van der Waals surface area contributed by atoms with Crippen molar-refractivity contribution in [3.63, 3.8) is 0 Å². The highest BCUT2D eigenvalue weighted by atomic mass is 19.1. The lowest BCUT2D eigenvalue weighted by atomic mass is 10.1. The number of nitrogens with zero attached hydrogens (tertiary/aromatic N) is 4. The Kier molecular flexibility index (Phi) is 4.91. The Hall–Kier alpha value is -3.10. The van der Waals surface area contributed by atoms with Crippen LogP contribution in [0.3, 0.4) is 0 Å². The number of hydrogen-bond acceptors (Lipinski definition) is 6. The summed E-state index contributed by atoms with van der Waals surface area (Å²) in [5, 5.41) is 13.3. The maximum Gasteiger partial charge on any atom is 0.248 e. The van der Waals surface area contributed by atoms with Crippen LogP contribution in [-0.2, 0) is 17.6 Å².